The van der Waals surface area contributed by atoms with Gasteiger partial charge in [-0.2, -0.15) is 0 Å². The third-order valence-electron chi connectivity index (χ3n) is 8.17. The summed E-state index contributed by atoms with van der Waals surface area (Å²) < 4.78 is 0. The first-order valence-electron chi connectivity index (χ1n) is 11.6. The summed E-state index contributed by atoms with van der Waals surface area (Å²) in [5.74, 6) is 2.98. The molecule has 0 radical (unpaired) electrons. The van der Waals surface area contributed by atoms with E-state index in [1.807, 2.05) is 0 Å². The maximum absolute atomic E-state index is 2.86. The second-order valence-electron chi connectivity index (χ2n) is 11.7. The fourth-order valence-electron chi connectivity index (χ4n) is 6.11. The molecule has 3 aliphatic rings. The van der Waals surface area contributed by atoms with E-state index < -0.39 is 0 Å². The molecule has 0 aromatic carbocycles. The highest BCUT2D eigenvalue weighted by Gasteiger charge is 2.36. The van der Waals surface area contributed by atoms with Crippen molar-refractivity contribution in [3.63, 3.8) is 0 Å². The number of nitrogens with zero attached hydrogens (tertiary/aromatic N) is 2. The molecule has 0 aromatic heterocycles. The van der Waals surface area contributed by atoms with Crippen LogP contribution in [0.5, 0.6) is 0 Å². The van der Waals surface area contributed by atoms with Gasteiger partial charge in [-0.05, 0) is 121 Å². The molecular formula is C24H46N2. The minimum Gasteiger partial charge on any atom is -0.300 e. The Hall–Kier alpha value is -0.0800. The molecule has 0 spiro atoms. The van der Waals surface area contributed by atoms with E-state index in [-0.39, 0.29) is 0 Å². The van der Waals surface area contributed by atoms with E-state index in [9.17, 15) is 0 Å². The first-order valence-corrected chi connectivity index (χ1v) is 11.6. The lowest BCUT2D eigenvalue weighted by molar-refractivity contribution is 0.0355. The van der Waals surface area contributed by atoms with Gasteiger partial charge in [-0.3, -0.25) is 4.90 Å². The molecular weight excluding hydrogens is 316 g/mol. The Kier molecular flexibility index (Phi) is 6.44. The van der Waals surface area contributed by atoms with E-state index in [1.54, 1.807) is 0 Å². The first kappa shape index (κ1) is 20.6. The lowest BCUT2D eigenvalue weighted by atomic mass is 9.72. The third kappa shape index (κ3) is 5.04. The van der Waals surface area contributed by atoms with Crippen LogP contribution in [0.3, 0.4) is 0 Å². The van der Waals surface area contributed by atoms with E-state index in [2.05, 4.69) is 51.3 Å². The SMILES string of the molecule is CC(C)(C)C1CCN(C2CCC(C3CCN(C(C)(C)C)CC3)CC2)CC1. The number of hydrogen-bond acceptors (Lipinski definition) is 2. The van der Waals surface area contributed by atoms with Gasteiger partial charge in [0, 0.05) is 11.6 Å². The van der Waals surface area contributed by atoms with Crippen molar-refractivity contribution in [2.24, 2.45) is 23.2 Å². The second-order valence-corrected chi connectivity index (χ2v) is 11.7. The molecule has 2 heterocycles. The molecule has 0 amide bonds. The van der Waals surface area contributed by atoms with Crippen molar-refractivity contribution in [1.82, 2.24) is 9.80 Å². The van der Waals surface area contributed by atoms with Gasteiger partial charge in [-0.15, -0.1) is 0 Å². The van der Waals surface area contributed by atoms with Crippen molar-refractivity contribution < 1.29 is 0 Å². The minimum atomic E-state index is 0.363. The van der Waals surface area contributed by atoms with Gasteiger partial charge in [-0.25, -0.2) is 0 Å². The summed E-state index contributed by atoms with van der Waals surface area (Å²) in [6.07, 6.45) is 11.7. The highest BCUT2D eigenvalue weighted by atomic mass is 15.2. The number of piperidine rings is 2. The topological polar surface area (TPSA) is 6.48 Å². The van der Waals surface area contributed by atoms with Gasteiger partial charge in [0.25, 0.3) is 0 Å². The molecule has 2 heteroatoms. The zero-order valence-corrected chi connectivity index (χ0v) is 18.7. The second kappa shape index (κ2) is 8.11. The highest BCUT2D eigenvalue weighted by Crippen LogP contribution is 2.40. The highest BCUT2D eigenvalue weighted by molar-refractivity contribution is 4.89. The normalized spacial score (nSPS) is 32.1. The lowest BCUT2D eigenvalue weighted by Crippen LogP contribution is -2.48. The Morgan fingerprint density at radius 2 is 1.08 bits per heavy atom. The van der Waals surface area contributed by atoms with E-state index >= 15 is 0 Å². The molecule has 1 aliphatic carbocycles. The number of rotatable bonds is 2. The van der Waals surface area contributed by atoms with Crippen molar-refractivity contribution in [3.05, 3.63) is 0 Å². The molecule has 0 bridgehead atoms. The van der Waals surface area contributed by atoms with Crippen molar-refractivity contribution in [2.45, 2.75) is 104 Å². The van der Waals surface area contributed by atoms with Gasteiger partial charge in [0.05, 0.1) is 0 Å². The lowest BCUT2D eigenvalue weighted by Gasteiger charge is -2.46. The van der Waals surface area contributed by atoms with Crippen molar-refractivity contribution in [1.29, 1.82) is 0 Å². The monoisotopic (exact) mass is 362 g/mol. The molecule has 0 atom stereocenters. The zero-order chi connectivity index (χ0) is 18.9. The van der Waals surface area contributed by atoms with Crippen molar-refractivity contribution in [2.75, 3.05) is 26.2 Å². The molecule has 1 saturated carbocycles. The van der Waals surface area contributed by atoms with E-state index in [4.69, 9.17) is 0 Å². The molecule has 3 fully saturated rings. The smallest absolute Gasteiger partial charge is 0.0125 e. The van der Waals surface area contributed by atoms with E-state index in [1.165, 1.54) is 77.5 Å². The van der Waals surface area contributed by atoms with Crippen LogP contribution in [0.25, 0.3) is 0 Å². The van der Waals surface area contributed by atoms with Gasteiger partial charge >= 0.3 is 0 Å². The predicted molar refractivity (Wildman–Crippen MR) is 114 cm³/mol. The van der Waals surface area contributed by atoms with Gasteiger partial charge in [-0.1, -0.05) is 20.8 Å². The van der Waals surface area contributed by atoms with Crippen LogP contribution in [0.15, 0.2) is 0 Å². The fourth-order valence-corrected chi connectivity index (χ4v) is 6.11. The molecule has 2 saturated heterocycles. The molecule has 26 heavy (non-hydrogen) atoms. The van der Waals surface area contributed by atoms with Gasteiger partial charge in [0.1, 0.15) is 0 Å². The molecule has 2 nitrogen and oxygen atoms in total. The van der Waals surface area contributed by atoms with Crippen LogP contribution in [0, 0.1) is 23.2 Å². The molecule has 0 N–H and O–H groups in total. The maximum Gasteiger partial charge on any atom is 0.0125 e. The van der Waals surface area contributed by atoms with E-state index in [0.717, 1.165) is 23.8 Å². The predicted octanol–water partition coefficient (Wildman–Crippen LogP) is 5.81. The number of hydrogen-bond donors (Lipinski definition) is 0. The van der Waals surface area contributed by atoms with Crippen LogP contribution in [0.1, 0.15) is 92.9 Å². The summed E-state index contributed by atoms with van der Waals surface area (Å²) in [6.45, 7) is 19.8. The first-order chi connectivity index (χ1) is 12.1. The summed E-state index contributed by atoms with van der Waals surface area (Å²) in [7, 11) is 0. The van der Waals surface area contributed by atoms with Crippen LogP contribution in [-0.4, -0.2) is 47.6 Å². The third-order valence-corrected chi connectivity index (χ3v) is 8.17. The minimum absolute atomic E-state index is 0.363. The van der Waals surface area contributed by atoms with Crippen LogP contribution in [-0.2, 0) is 0 Å². The molecule has 2 aliphatic heterocycles. The Balaban J connectivity index is 1.40. The summed E-state index contributed by atoms with van der Waals surface area (Å²) in [5, 5.41) is 0. The maximum atomic E-state index is 2.86. The van der Waals surface area contributed by atoms with Gasteiger partial charge in [0.2, 0.25) is 0 Å². The standard InChI is InChI=1S/C24H46N2/c1-23(2,3)21-13-15-25(16-14-21)22-9-7-19(8-10-22)20-11-17-26(18-12-20)24(4,5)6/h19-22H,7-18H2,1-6H3. The van der Waals surface area contributed by atoms with Crippen LogP contribution < -0.4 is 0 Å². The summed E-state index contributed by atoms with van der Waals surface area (Å²) in [5.41, 5.74) is 0.869. The number of likely N-dealkylation sites (tertiary alicyclic amines) is 2. The summed E-state index contributed by atoms with van der Waals surface area (Å²) in [6, 6.07) is 0.904. The Morgan fingerprint density at radius 3 is 1.54 bits per heavy atom. The Bertz CT molecular complexity index is 378. The van der Waals surface area contributed by atoms with Crippen LogP contribution >= 0.6 is 0 Å². The molecule has 0 aromatic rings. The largest absolute Gasteiger partial charge is 0.300 e. The van der Waals surface area contributed by atoms with Crippen LogP contribution in [0.2, 0.25) is 0 Å². The molecule has 0 unspecified atom stereocenters. The summed E-state index contributed by atoms with van der Waals surface area (Å²) in [4.78, 5) is 5.56. The Labute approximate surface area is 164 Å². The zero-order valence-electron chi connectivity index (χ0n) is 18.7. The molecule has 152 valence electrons. The van der Waals surface area contributed by atoms with Gasteiger partial charge in [0.15, 0.2) is 0 Å². The van der Waals surface area contributed by atoms with Crippen molar-refractivity contribution >= 4 is 0 Å². The quantitative estimate of drug-likeness (QED) is 0.611. The average molecular weight is 363 g/mol. The summed E-state index contributed by atoms with van der Waals surface area (Å²) >= 11 is 0. The van der Waals surface area contributed by atoms with Crippen molar-refractivity contribution in [3.8, 4) is 0 Å². The van der Waals surface area contributed by atoms with E-state index in [0.29, 0.717) is 11.0 Å². The Morgan fingerprint density at radius 1 is 0.577 bits per heavy atom. The average Bonchev–Trinajstić information content (AvgIpc) is 2.61. The van der Waals surface area contributed by atoms with Crippen LogP contribution in [0.4, 0.5) is 0 Å². The van der Waals surface area contributed by atoms with Gasteiger partial charge < -0.3 is 4.90 Å². The molecule has 3 rings (SSSR count). The fraction of sp³-hybridized carbons (Fsp3) is 1.00.